The van der Waals surface area contributed by atoms with Gasteiger partial charge in [-0.3, -0.25) is 0 Å². The molecule has 5 heterocycles. The fourth-order valence-electron chi connectivity index (χ4n) is 3.78. The quantitative estimate of drug-likeness (QED) is 0.840. The van der Waals surface area contributed by atoms with Crippen LogP contribution in [0.2, 0.25) is 5.02 Å². The molecular weight excluding hydrogens is 348 g/mol. The Balaban J connectivity index is 1.39. The normalized spacial score (nSPS) is 31.8. The number of imidazole rings is 1. The van der Waals surface area contributed by atoms with Crippen LogP contribution >= 0.6 is 11.6 Å². The van der Waals surface area contributed by atoms with E-state index in [2.05, 4.69) is 19.9 Å². The molecule has 0 amide bonds. The Labute approximate surface area is 149 Å². The van der Waals surface area contributed by atoms with Crippen LogP contribution in [0, 0.1) is 0 Å². The second-order valence-electron chi connectivity index (χ2n) is 6.72. The third-order valence-corrected chi connectivity index (χ3v) is 5.32. The Hall–Kier alpha value is -1.61. The zero-order chi connectivity index (χ0) is 17.0. The molecule has 2 N–H and O–H groups in total. The number of ether oxygens (including phenoxy) is 3. The lowest BCUT2D eigenvalue weighted by molar-refractivity contribution is 0.00706. The van der Waals surface area contributed by atoms with Crippen LogP contribution in [0.4, 0.5) is 5.82 Å². The molecule has 0 saturated carbocycles. The van der Waals surface area contributed by atoms with E-state index in [4.69, 9.17) is 25.8 Å². The smallest absolute Gasteiger partial charge is 0.296 e. The number of hydrogen-bond donors (Lipinski definition) is 2. The van der Waals surface area contributed by atoms with E-state index in [1.54, 1.807) is 0 Å². The Kier molecular flexibility index (Phi) is 3.74. The molecule has 0 spiro atoms. The Bertz CT molecular complexity index is 794. The van der Waals surface area contributed by atoms with E-state index >= 15 is 0 Å². The molecule has 3 aliphatic rings. The zero-order valence-corrected chi connectivity index (χ0v) is 14.3. The summed E-state index contributed by atoms with van der Waals surface area (Å²) in [6, 6.07) is 2.19. The summed E-state index contributed by atoms with van der Waals surface area (Å²) in [6.07, 6.45) is 0.792. The number of pyridine rings is 1. The topological polar surface area (TPSA) is 92.7 Å². The molecule has 0 bridgehead atoms. The van der Waals surface area contributed by atoms with Crippen LogP contribution in [0.25, 0.3) is 11.2 Å². The average Bonchev–Trinajstić information content (AvgIpc) is 3.34. The van der Waals surface area contributed by atoms with Crippen LogP contribution in [0.3, 0.4) is 0 Å². The summed E-state index contributed by atoms with van der Waals surface area (Å²) >= 11 is 6.39. The van der Waals surface area contributed by atoms with Gasteiger partial charge in [-0.25, -0.2) is 4.98 Å². The van der Waals surface area contributed by atoms with Gasteiger partial charge in [0.05, 0.1) is 23.8 Å². The second-order valence-corrected chi connectivity index (χ2v) is 7.13. The predicted molar refractivity (Wildman–Crippen MR) is 90.2 cm³/mol. The van der Waals surface area contributed by atoms with Gasteiger partial charge < -0.3 is 29.2 Å². The lowest BCUT2D eigenvalue weighted by Crippen LogP contribution is -2.34. The van der Waals surface area contributed by atoms with Crippen LogP contribution in [0.5, 0.6) is 6.01 Å². The fourth-order valence-corrected chi connectivity index (χ4v) is 4.05. The zero-order valence-electron chi connectivity index (χ0n) is 13.5. The van der Waals surface area contributed by atoms with Crippen molar-refractivity contribution in [2.24, 2.45) is 0 Å². The van der Waals surface area contributed by atoms with Crippen LogP contribution in [-0.4, -0.2) is 70.8 Å². The highest BCUT2D eigenvalue weighted by Crippen LogP contribution is 2.32. The molecule has 0 radical (unpaired) electrons. The average molecular weight is 367 g/mol. The first kappa shape index (κ1) is 15.6. The molecule has 8 nitrogen and oxygen atoms in total. The van der Waals surface area contributed by atoms with Gasteiger partial charge in [-0.2, -0.15) is 4.98 Å². The first-order valence-electron chi connectivity index (χ1n) is 8.58. The van der Waals surface area contributed by atoms with Crippen LogP contribution in [-0.2, 0) is 9.47 Å². The molecule has 134 valence electrons. The maximum atomic E-state index is 9.80. The number of aromatic amines is 1. The molecule has 3 aliphatic heterocycles. The van der Waals surface area contributed by atoms with E-state index in [-0.39, 0.29) is 24.9 Å². The van der Waals surface area contributed by atoms with Gasteiger partial charge in [-0.15, -0.1) is 0 Å². The number of halogens is 1. The maximum Gasteiger partial charge on any atom is 0.296 e. The summed E-state index contributed by atoms with van der Waals surface area (Å²) in [5, 5.41) is 10.4. The standard InChI is InChI=1S/C16H19ClN4O4/c17-8-5-9-14(19-15(8)21-3-1-2-4-21)20-16(18-9)25-11-7-24-12-10(22)6-23-13(11)12/h5,10-13,22H,1-4,6-7H2,(H,18,19,20)/t10-,11-,12-,13-/m1/s1. The third-order valence-electron chi connectivity index (χ3n) is 5.04. The van der Waals surface area contributed by atoms with E-state index < -0.39 is 6.10 Å². The molecule has 0 unspecified atom stereocenters. The minimum absolute atomic E-state index is 0.270. The summed E-state index contributed by atoms with van der Waals surface area (Å²) in [5.41, 5.74) is 1.30. The van der Waals surface area contributed by atoms with Crippen molar-refractivity contribution in [3.05, 3.63) is 11.1 Å². The van der Waals surface area contributed by atoms with Crippen molar-refractivity contribution in [3.63, 3.8) is 0 Å². The molecule has 25 heavy (non-hydrogen) atoms. The summed E-state index contributed by atoms with van der Waals surface area (Å²) < 4.78 is 17.0. The number of nitrogens with one attached hydrogen (secondary N) is 1. The van der Waals surface area contributed by atoms with Gasteiger partial charge in [0.15, 0.2) is 11.8 Å². The van der Waals surface area contributed by atoms with Gasteiger partial charge in [0.2, 0.25) is 0 Å². The Morgan fingerprint density at radius 3 is 2.84 bits per heavy atom. The summed E-state index contributed by atoms with van der Waals surface area (Å²) in [4.78, 5) is 14.3. The maximum absolute atomic E-state index is 9.80. The van der Waals surface area contributed by atoms with Crippen molar-refractivity contribution in [1.29, 1.82) is 0 Å². The van der Waals surface area contributed by atoms with E-state index in [1.165, 1.54) is 0 Å². The van der Waals surface area contributed by atoms with Crippen molar-refractivity contribution >= 4 is 28.6 Å². The van der Waals surface area contributed by atoms with Crippen molar-refractivity contribution in [2.75, 3.05) is 31.2 Å². The second kappa shape index (κ2) is 5.98. The minimum Gasteiger partial charge on any atom is -0.456 e. The first-order valence-corrected chi connectivity index (χ1v) is 8.96. The first-order chi connectivity index (χ1) is 12.2. The largest absolute Gasteiger partial charge is 0.456 e. The van der Waals surface area contributed by atoms with E-state index in [9.17, 15) is 5.11 Å². The number of aliphatic hydroxyl groups is 1. The molecule has 5 rings (SSSR count). The van der Waals surface area contributed by atoms with Crippen molar-refractivity contribution < 1.29 is 19.3 Å². The van der Waals surface area contributed by atoms with E-state index in [0.717, 1.165) is 37.3 Å². The van der Waals surface area contributed by atoms with E-state index in [1.807, 2.05) is 6.07 Å². The van der Waals surface area contributed by atoms with Crippen LogP contribution in [0.1, 0.15) is 12.8 Å². The van der Waals surface area contributed by atoms with Gasteiger partial charge in [-0.05, 0) is 18.9 Å². The van der Waals surface area contributed by atoms with Gasteiger partial charge >= 0.3 is 0 Å². The predicted octanol–water partition coefficient (Wildman–Crippen LogP) is 1.12. The molecule has 9 heteroatoms. The highest BCUT2D eigenvalue weighted by Gasteiger charge is 2.48. The van der Waals surface area contributed by atoms with Gasteiger partial charge in [0.1, 0.15) is 24.1 Å². The highest BCUT2D eigenvalue weighted by molar-refractivity contribution is 6.33. The van der Waals surface area contributed by atoms with Gasteiger partial charge in [-0.1, -0.05) is 11.6 Å². The molecular formula is C16H19ClN4O4. The molecule has 0 aromatic carbocycles. The number of nitrogens with zero attached hydrogens (tertiary/aromatic N) is 3. The Morgan fingerprint density at radius 2 is 2.00 bits per heavy atom. The summed E-state index contributed by atoms with van der Waals surface area (Å²) in [5.74, 6) is 0.774. The van der Waals surface area contributed by atoms with E-state index in [0.29, 0.717) is 23.3 Å². The lowest BCUT2D eigenvalue weighted by atomic mass is 10.1. The number of aromatic nitrogens is 3. The molecule has 3 fully saturated rings. The SMILES string of the molecule is O[C@@H]1CO[C@H]2[C@@H]1OC[C@H]2Oc1nc2nc(N3CCCC3)c(Cl)cc2[nH]1. The molecule has 2 aromatic heterocycles. The van der Waals surface area contributed by atoms with Crippen molar-refractivity contribution in [3.8, 4) is 6.01 Å². The number of anilines is 1. The summed E-state index contributed by atoms with van der Waals surface area (Å²) in [6.45, 7) is 2.56. The number of H-pyrrole nitrogens is 1. The minimum atomic E-state index is -0.599. The fraction of sp³-hybridized carbons (Fsp3) is 0.625. The highest BCUT2D eigenvalue weighted by atomic mass is 35.5. The monoisotopic (exact) mass is 366 g/mol. The molecule has 3 saturated heterocycles. The number of fused-ring (bicyclic) bond motifs is 2. The number of aliphatic hydroxyl groups excluding tert-OH is 1. The molecule has 2 aromatic rings. The molecule has 4 atom stereocenters. The molecule has 0 aliphatic carbocycles. The third kappa shape index (κ3) is 2.64. The lowest BCUT2D eigenvalue weighted by Gasteiger charge is -2.17. The number of hydrogen-bond acceptors (Lipinski definition) is 7. The summed E-state index contributed by atoms with van der Waals surface area (Å²) in [7, 11) is 0. The van der Waals surface area contributed by atoms with Crippen LogP contribution < -0.4 is 9.64 Å². The van der Waals surface area contributed by atoms with Crippen LogP contribution in [0.15, 0.2) is 6.07 Å². The van der Waals surface area contributed by atoms with Gasteiger partial charge in [0.25, 0.3) is 6.01 Å². The van der Waals surface area contributed by atoms with Crippen molar-refractivity contribution in [2.45, 2.75) is 37.3 Å². The van der Waals surface area contributed by atoms with Crippen molar-refractivity contribution in [1.82, 2.24) is 15.0 Å². The van der Waals surface area contributed by atoms with Gasteiger partial charge in [0, 0.05) is 13.1 Å². The Morgan fingerprint density at radius 1 is 1.20 bits per heavy atom. The number of rotatable bonds is 3.